The summed E-state index contributed by atoms with van der Waals surface area (Å²) in [5.41, 5.74) is 0.178. The Morgan fingerprint density at radius 1 is 1.58 bits per heavy atom. The Hall–Kier alpha value is -2.06. The van der Waals surface area contributed by atoms with Crippen LogP contribution < -0.4 is 10.1 Å². The van der Waals surface area contributed by atoms with E-state index >= 15 is 0 Å². The molecule has 0 bridgehead atoms. The van der Waals surface area contributed by atoms with Gasteiger partial charge >= 0.3 is 0 Å². The van der Waals surface area contributed by atoms with Crippen molar-refractivity contribution in [1.29, 1.82) is 0 Å². The van der Waals surface area contributed by atoms with E-state index in [1.54, 1.807) is 0 Å². The summed E-state index contributed by atoms with van der Waals surface area (Å²) in [6.07, 6.45) is 3.33. The highest BCUT2D eigenvalue weighted by molar-refractivity contribution is 5.80. The van der Waals surface area contributed by atoms with Crippen LogP contribution in [-0.4, -0.2) is 23.7 Å². The third kappa shape index (κ3) is 4.27. The Morgan fingerprint density at radius 2 is 2.26 bits per heavy atom. The number of halogens is 1. The van der Waals surface area contributed by atoms with Gasteiger partial charge in [-0.15, -0.1) is 6.42 Å². The molecule has 0 radical (unpaired) electrons. The van der Waals surface area contributed by atoms with Gasteiger partial charge in [-0.25, -0.2) is 4.39 Å². The summed E-state index contributed by atoms with van der Waals surface area (Å²) < 4.78 is 18.9. The quantitative estimate of drug-likeness (QED) is 0.791. The lowest BCUT2D eigenvalue weighted by Gasteiger charge is -2.15. The molecule has 0 aliphatic carbocycles. The maximum absolute atomic E-state index is 13.6. The maximum atomic E-state index is 13.6. The number of carbonyl (C=O) groups is 1. The molecule has 4 nitrogen and oxygen atoms in total. The van der Waals surface area contributed by atoms with Crippen LogP contribution in [0.2, 0.25) is 0 Å². The summed E-state index contributed by atoms with van der Waals surface area (Å²) in [7, 11) is 0. The zero-order valence-electron chi connectivity index (χ0n) is 10.8. The Kier molecular flexibility index (Phi) is 5.34. The lowest BCUT2D eigenvalue weighted by Crippen LogP contribution is -2.36. The van der Waals surface area contributed by atoms with Gasteiger partial charge in [-0.1, -0.05) is 5.92 Å². The summed E-state index contributed by atoms with van der Waals surface area (Å²) in [5.74, 6) is 1.53. The van der Waals surface area contributed by atoms with Crippen molar-refractivity contribution in [1.82, 2.24) is 5.32 Å². The van der Waals surface area contributed by atoms with E-state index in [1.807, 2.05) is 0 Å². The first-order chi connectivity index (χ1) is 8.95. The molecule has 1 aromatic carbocycles. The lowest BCUT2D eigenvalue weighted by molar-refractivity contribution is -0.127. The highest BCUT2D eigenvalue weighted by Gasteiger charge is 2.15. The molecule has 0 saturated heterocycles. The van der Waals surface area contributed by atoms with Crippen LogP contribution in [0, 0.1) is 18.2 Å². The molecule has 0 aromatic heterocycles. The number of hydrogen-bond donors (Lipinski definition) is 2. The van der Waals surface area contributed by atoms with Crippen molar-refractivity contribution in [2.75, 3.05) is 6.54 Å². The SMILES string of the molecule is C#CCNC(=O)C(C)Oc1ccc([C@@H](C)O)c(F)c1. The summed E-state index contributed by atoms with van der Waals surface area (Å²) in [4.78, 5) is 11.5. The third-order valence-electron chi connectivity index (χ3n) is 2.47. The fourth-order valence-electron chi connectivity index (χ4n) is 1.46. The topological polar surface area (TPSA) is 58.6 Å². The number of carbonyl (C=O) groups excluding carboxylic acids is 1. The molecule has 1 amide bonds. The molecule has 5 heteroatoms. The average molecular weight is 265 g/mol. The van der Waals surface area contributed by atoms with Crippen molar-refractivity contribution in [3.8, 4) is 18.1 Å². The largest absolute Gasteiger partial charge is 0.481 e. The zero-order valence-corrected chi connectivity index (χ0v) is 10.8. The minimum Gasteiger partial charge on any atom is -0.481 e. The molecule has 0 saturated carbocycles. The van der Waals surface area contributed by atoms with Crippen molar-refractivity contribution in [2.45, 2.75) is 26.1 Å². The van der Waals surface area contributed by atoms with Crippen LogP contribution in [0.5, 0.6) is 5.75 Å². The molecule has 0 fully saturated rings. The standard InChI is InChI=1S/C14H16FNO3/c1-4-7-16-14(18)10(3)19-11-5-6-12(9(2)17)13(15)8-11/h1,5-6,8-10,17H,7H2,2-3H3,(H,16,18)/t9-,10?/m1/s1. The zero-order chi connectivity index (χ0) is 14.4. The summed E-state index contributed by atoms with van der Waals surface area (Å²) in [6.45, 7) is 3.11. The summed E-state index contributed by atoms with van der Waals surface area (Å²) >= 11 is 0. The van der Waals surface area contributed by atoms with E-state index in [9.17, 15) is 14.3 Å². The Bertz CT molecular complexity index is 494. The second-order valence-corrected chi connectivity index (χ2v) is 4.04. The molecule has 2 atom stereocenters. The number of ether oxygens (including phenoxy) is 1. The van der Waals surface area contributed by atoms with Crippen molar-refractivity contribution in [3.63, 3.8) is 0 Å². The van der Waals surface area contributed by atoms with E-state index in [2.05, 4.69) is 11.2 Å². The van der Waals surface area contributed by atoms with Crippen LogP contribution in [0.15, 0.2) is 18.2 Å². The Morgan fingerprint density at radius 3 is 2.79 bits per heavy atom. The molecule has 0 aliphatic heterocycles. The van der Waals surface area contributed by atoms with Gasteiger partial charge in [0.25, 0.3) is 5.91 Å². The van der Waals surface area contributed by atoms with E-state index in [1.165, 1.54) is 26.0 Å². The molecule has 1 rings (SSSR count). The molecule has 1 aromatic rings. The minimum atomic E-state index is -0.898. The normalized spacial score (nSPS) is 13.2. The minimum absolute atomic E-state index is 0.113. The van der Waals surface area contributed by atoms with Crippen LogP contribution >= 0.6 is 0 Å². The van der Waals surface area contributed by atoms with E-state index in [-0.39, 0.29) is 23.8 Å². The van der Waals surface area contributed by atoms with E-state index < -0.39 is 18.0 Å². The van der Waals surface area contributed by atoms with Gasteiger partial charge in [-0.3, -0.25) is 4.79 Å². The fraction of sp³-hybridized carbons (Fsp3) is 0.357. The van der Waals surface area contributed by atoms with Crippen LogP contribution in [0.4, 0.5) is 4.39 Å². The van der Waals surface area contributed by atoms with Crippen molar-refractivity contribution in [3.05, 3.63) is 29.6 Å². The molecule has 0 spiro atoms. The van der Waals surface area contributed by atoms with Crippen LogP contribution in [0.1, 0.15) is 25.5 Å². The van der Waals surface area contributed by atoms with E-state index in [0.717, 1.165) is 6.07 Å². The highest BCUT2D eigenvalue weighted by Crippen LogP contribution is 2.22. The van der Waals surface area contributed by atoms with Gasteiger partial charge in [0.05, 0.1) is 12.6 Å². The molecular weight excluding hydrogens is 249 g/mol. The van der Waals surface area contributed by atoms with Crippen LogP contribution in [0.3, 0.4) is 0 Å². The maximum Gasteiger partial charge on any atom is 0.261 e. The number of aliphatic hydroxyl groups excluding tert-OH is 1. The van der Waals surface area contributed by atoms with Gasteiger partial charge in [0, 0.05) is 11.6 Å². The monoisotopic (exact) mass is 265 g/mol. The van der Waals surface area contributed by atoms with Gasteiger partial charge in [0.15, 0.2) is 6.10 Å². The third-order valence-corrected chi connectivity index (χ3v) is 2.47. The second kappa shape index (κ2) is 6.76. The lowest BCUT2D eigenvalue weighted by atomic mass is 10.1. The number of rotatable bonds is 5. The molecule has 102 valence electrons. The Balaban J connectivity index is 2.70. The van der Waals surface area contributed by atoms with Crippen LogP contribution in [0.25, 0.3) is 0 Å². The van der Waals surface area contributed by atoms with Crippen molar-refractivity contribution in [2.24, 2.45) is 0 Å². The number of nitrogens with one attached hydrogen (secondary N) is 1. The fourth-order valence-corrected chi connectivity index (χ4v) is 1.46. The van der Waals surface area contributed by atoms with Gasteiger partial charge in [-0.05, 0) is 26.0 Å². The molecular formula is C14H16FNO3. The van der Waals surface area contributed by atoms with Crippen molar-refractivity contribution < 1.29 is 19.0 Å². The smallest absolute Gasteiger partial charge is 0.261 e. The molecule has 0 heterocycles. The molecule has 1 unspecified atom stereocenters. The first-order valence-corrected chi connectivity index (χ1v) is 5.81. The van der Waals surface area contributed by atoms with E-state index in [0.29, 0.717) is 0 Å². The predicted octanol–water partition coefficient (Wildman–Crippen LogP) is 1.40. The van der Waals surface area contributed by atoms with Gasteiger partial charge in [0.1, 0.15) is 11.6 Å². The number of amides is 1. The predicted molar refractivity (Wildman–Crippen MR) is 69.0 cm³/mol. The average Bonchev–Trinajstić information content (AvgIpc) is 2.35. The van der Waals surface area contributed by atoms with Gasteiger partial charge in [0.2, 0.25) is 0 Å². The number of terminal acetylenes is 1. The molecule has 19 heavy (non-hydrogen) atoms. The van der Waals surface area contributed by atoms with Gasteiger partial charge < -0.3 is 15.2 Å². The van der Waals surface area contributed by atoms with Crippen LogP contribution in [-0.2, 0) is 4.79 Å². The Labute approximate surface area is 111 Å². The van der Waals surface area contributed by atoms with Crippen molar-refractivity contribution >= 4 is 5.91 Å². The number of benzene rings is 1. The number of aliphatic hydroxyl groups is 1. The highest BCUT2D eigenvalue weighted by atomic mass is 19.1. The first kappa shape index (κ1) is 15.0. The van der Waals surface area contributed by atoms with E-state index in [4.69, 9.17) is 11.2 Å². The number of hydrogen-bond acceptors (Lipinski definition) is 3. The van der Waals surface area contributed by atoms with Gasteiger partial charge in [-0.2, -0.15) is 0 Å². The first-order valence-electron chi connectivity index (χ1n) is 5.81. The summed E-state index contributed by atoms with van der Waals surface area (Å²) in [6, 6.07) is 4.05. The second-order valence-electron chi connectivity index (χ2n) is 4.04. The molecule has 2 N–H and O–H groups in total. The summed E-state index contributed by atoms with van der Waals surface area (Å²) in [5, 5.41) is 11.8. The molecule has 0 aliphatic rings.